The molecular formula is C79H142O17P2. The predicted octanol–water partition coefficient (Wildman–Crippen LogP) is 22.4. The van der Waals surface area contributed by atoms with Crippen molar-refractivity contribution in [2.24, 2.45) is 0 Å². The van der Waals surface area contributed by atoms with Gasteiger partial charge in [0.2, 0.25) is 0 Å². The summed E-state index contributed by atoms with van der Waals surface area (Å²) < 4.78 is 68.4. The van der Waals surface area contributed by atoms with Crippen LogP contribution in [0.5, 0.6) is 0 Å². The van der Waals surface area contributed by atoms with E-state index >= 15 is 0 Å². The van der Waals surface area contributed by atoms with Crippen molar-refractivity contribution in [3.8, 4) is 0 Å². The lowest BCUT2D eigenvalue weighted by molar-refractivity contribution is -0.161. The van der Waals surface area contributed by atoms with Gasteiger partial charge in [0, 0.05) is 25.7 Å². The molecule has 570 valence electrons. The lowest BCUT2D eigenvalue weighted by atomic mass is 10.0. The van der Waals surface area contributed by atoms with Gasteiger partial charge in [-0.3, -0.25) is 37.3 Å². The van der Waals surface area contributed by atoms with E-state index in [1.807, 2.05) is 12.2 Å². The van der Waals surface area contributed by atoms with Crippen LogP contribution >= 0.6 is 15.6 Å². The van der Waals surface area contributed by atoms with Crippen LogP contribution in [-0.4, -0.2) is 96.7 Å². The second-order valence-corrected chi connectivity index (χ2v) is 29.2. The van der Waals surface area contributed by atoms with Crippen molar-refractivity contribution in [1.29, 1.82) is 0 Å². The number of unbranched alkanes of at least 4 members (excludes halogenated alkanes) is 36. The van der Waals surface area contributed by atoms with Crippen LogP contribution in [0, 0.1) is 0 Å². The third-order valence-electron chi connectivity index (χ3n) is 16.7. The lowest BCUT2D eigenvalue weighted by Crippen LogP contribution is -2.30. The summed E-state index contributed by atoms with van der Waals surface area (Å²) in [5.74, 6) is -2.25. The molecule has 0 radical (unpaired) electrons. The van der Waals surface area contributed by atoms with Crippen molar-refractivity contribution in [1.82, 2.24) is 0 Å². The van der Waals surface area contributed by atoms with Crippen molar-refractivity contribution < 1.29 is 80.2 Å². The monoisotopic (exact) mass is 1420 g/mol. The number of phosphoric acid groups is 2. The number of carbonyl (C=O) groups is 4. The third-order valence-corrected chi connectivity index (χ3v) is 18.6. The molecule has 3 N–H and O–H groups in total. The minimum atomic E-state index is -4.98. The molecule has 0 fully saturated rings. The van der Waals surface area contributed by atoms with Crippen LogP contribution in [0.4, 0.5) is 0 Å². The fourth-order valence-corrected chi connectivity index (χ4v) is 12.2. The highest BCUT2D eigenvalue weighted by atomic mass is 31.2. The molecule has 0 aliphatic rings. The highest BCUT2D eigenvalue weighted by Gasteiger charge is 2.30. The van der Waals surface area contributed by atoms with Crippen molar-refractivity contribution in [2.45, 2.75) is 367 Å². The Bertz CT molecular complexity index is 2140. The number of esters is 4. The van der Waals surface area contributed by atoms with Crippen LogP contribution in [0.25, 0.3) is 0 Å². The van der Waals surface area contributed by atoms with Crippen molar-refractivity contribution in [3.05, 3.63) is 72.9 Å². The SMILES string of the molecule is CCCCC/C=C\C/C=C\C/C=C\C/C=C\C/C=C\CCC(=O)OC[C@H](COP(=O)(O)OC[C@@H](O)COP(=O)(O)OC[C@@H](COC(=O)CCCCCCCCCCCCCCC)OC(=O)CCCCCCC/C=C\CCCCCC)OC(=O)CCCCCCCCCCCCCCC. The topological polar surface area (TPSA) is 237 Å². The molecule has 0 aromatic carbocycles. The Morgan fingerprint density at radius 2 is 0.520 bits per heavy atom. The zero-order valence-corrected chi connectivity index (χ0v) is 64.0. The van der Waals surface area contributed by atoms with Crippen molar-refractivity contribution in [3.63, 3.8) is 0 Å². The van der Waals surface area contributed by atoms with E-state index in [9.17, 15) is 43.2 Å². The number of ether oxygens (including phenoxy) is 4. The van der Waals surface area contributed by atoms with Crippen LogP contribution in [0.1, 0.15) is 349 Å². The third kappa shape index (κ3) is 70.9. The Hall–Kier alpha value is -3.50. The van der Waals surface area contributed by atoms with E-state index in [0.717, 1.165) is 109 Å². The van der Waals surface area contributed by atoms with E-state index in [2.05, 4.69) is 88.5 Å². The second kappa shape index (κ2) is 71.9. The molecule has 0 amide bonds. The number of rotatable bonds is 74. The van der Waals surface area contributed by atoms with E-state index in [1.54, 1.807) is 0 Å². The Kier molecular flexibility index (Phi) is 69.3. The molecule has 2 unspecified atom stereocenters. The molecule has 0 aromatic rings. The largest absolute Gasteiger partial charge is 0.472 e. The number of phosphoric ester groups is 2. The predicted molar refractivity (Wildman–Crippen MR) is 400 cm³/mol. The molecule has 0 bridgehead atoms. The molecule has 0 aromatic heterocycles. The second-order valence-electron chi connectivity index (χ2n) is 26.3. The quantitative estimate of drug-likeness (QED) is 0.0169. The minimum absolute atomic E-state index is 0.0419. The molecule has 0 heterocycles. The van der Waals surface area contributed by atoms with Crippen LogP contribution in [-0.2, 0) is 65.4 Å². The average Bonchev–Trinajstić information content (AvgIpc) is 0.966. The molecule has 0 saturated heterocycles. The molecule has 0 aliphatic heterocycles. The highest BCUT2D eigenvalue weighted by Crippen LogP contribution is 2.45. The summed E-state index contributed by atoms with van der Waals surface area (Å²) in [6, 6.07) is 0. The van der Waals surface area contributed by atoms with Gasteiger partial charge in [0.15, 0.2) is 12.2 Å². The fourth-order valence-electron chi connectivity index (χ4n) is 10.7. The van der Waals surface area contributed by atoms with Gasteiger partial charge in [0.05, 0.1) is 26.4 Å². The van der Waals surface area contributed by atoms with E-state index in [1.165, 1.54) is 154 Å². The summed E-state index contributed by atoms with van der Waals surface area (Å²) >= 11 is 0. The van der Waals surface area contributed by atoms with Gasteiger partial charge in [-0.05, 0) is 89.9 Å². The zero-order valence-electron chi connectivity index (χ0n) is 62.2. The summed E-state index contributed by atoms with van der Waals surface area (Å²) in [6.07, 6.45) is 71.9. The van der Waals surface area contributed by atoms with Crippen LogP contribution in [0.2, 0.25) is 0 Å². The Morgan fingerprint density at radius 3 is 0.867 bits per heavy atom. The highest BCUT2D eigenvalue weighted by molar-refractivity contribution is 7.47. The zero-order chi connectivity index (χ0) is 71.8. The molecule has 0 spiro atoms. The Morgan fingerprint density at radius 1 is 0.286 bits per heavy atom. The van der Waals surface area contributed by atoms with Crippen LogP contribution in [0.15, 0.2) is 72.9 Å². The van der Waals surface area contributed by atoms with Gasteiger partial charge in [-0.15, -0.1) is 0 Å². The number of carbonyl (C=O) groups excluding carboxylic acids is 4. The first kappa shape index (κ1) is 94.5. The molecule has 0 rings (SSSR count). The first-order valence-corrected chi connectivity index (χ1v) is 42.2. The average molecular weight is 1430 g/mol. The maximum Gasteiger partial charge on any atom is 0.472 e. The van der Waals surface area contributed by atoms with Crippen LogP contribution in [0.3, 0.4) is 0 Å². The van der Waals surface area contributed by atoms with Gasteiger partial charge in [-0.2, -0.15) is 0 Å². The summed E-state index contributed by atoms with van der Waals surface area (Å²) in [5, 5.41) is 10.6. The van der Waals surface area contributed by atoms with E-state index in [-0.39, 0.29) is 25.7 Å². The summed E-state index contributed by atoms with van der Waals surface area (Å²) in [7, 11) is -9.95. The summed E-state index contributed by atoms with van der Waals surface area (Å²) in [5.41, 5.74) is 0. The van der Waals surface area contributed by atoms with Crippen LogP contribution < -0.4 is 0 Å². The van der Waals surface area contributed by atoms with Gasteiger partial charge < -0.3 is 33.8 Å². The van der Waals surface area contributed by atoms with Gasteiger partial charge >= 0.3 is 39.5 Å². The first-order chi connectivity index (χ1) is 47.7. The number of allylic oxidation sites excluding steroid dienone is 12. The normalized spacial score (nSPS) is 14.3. The summed E-state index contributed by atoms with van der Waals surface area (Å²) in [4.78, 5) is 72.8. The fraction of sp³-hybridized carbons (Fsp3) is 0.797. The number of hydrogen-bond acceptors (Lipinski definition) is 15. The Labute approximate surface area is 596 Å². The first-order valence-electron chi connectivity index (χ1n) is 39.2. The molecule has 0 saturated carbocycles. The van der Waals surface area contributed by atoms with Gasteiger partial charge in [0.1, 0.15) is 19.3 Å². The van der Waals surface area contributed by atoms with E-state index < -0.39 is 97.5 Å². The molecule has 17 nitrogen and oxygen atoms in total. The maximum atomic E-state index is 13.1. The summed E-state index contributed by atoms with van der Waals surface area (Å²) in [6.45, 7) is 4.79. The van der Waals surface area contributed by atoms with E-state index in [4.69, 9.17) is 37.0 Å². The molecule has 0 aliphatic carbocycles. The number of aliphatic hydroxyl groups excluding tert-OH is 1. The lowest BCUT2D eigenvalue weighted by Gasteiger charge is -2.21. The van der Waals surface area contributed by atoms with Gasteiger partial charge in [0.25, 0.3) is 0 Å². The standard InChI is InChI=1S/C79H142O17P2/c1-5-9-13-17-21-25-29-33-34-35-36-37-38-42-44-48-52-56-60-64-77(82)90-70-75(96-79(84)66-62-58-54-50-46-41-32-28-24-20-16-12-8-4)72-94-98(87,88)92-68-73(80)67-91-97(85,86)93-71-74(95-78(83)65-61-57-53-49-45-40-31-27-23-19-15-11-7-3)69-89-76(81)63-59-55-51-47-43-39-30-26-22-18-14-10-6-2/h21,25,27,31,33-34,36-37,42,44,52,56,73-75,80H,5-20,22-24,26,28-30,32,35,38-41,43,45-51,53-55,57-72H2,1-4H3,(H,85,86)(H,87,88)/b25-21-,31-27-,34-33-,37-36-,44-42-,56-52-/t73-,74+,75+/m0/s1. The van der Waals surface area contributed by atoms with E-state index in [0.29, 0.717) is 32.1 Å². The van der Waals surface area contributed by atoms with Gasteiger partial charge in [-0.1, -0.05) is 306 Å². The minimum Gasteiger partial charge on any atom is -0.462 e. The maximum absolute atomic E-state index is 13.1. The number of aliphatic hydroxyl groups is 1. The molecule has 98 heavy (non-hydrogen) atoms. The molecule has 19 heteroatoms. The smallest absolute Gasteiger partial charge is 0.462 e. The van der Waals surface area contributed by atoms with Crippen molar-refractivity contribution in [2.75, 3.05) is 39.6 Å². The Balaban J connectivity index is 5.36. The van der Waals surface area contributed by atoms with Gasteiger partial charge in [-0.25, -0.2) is 9.13 Å². The molecular weight excluding hydrogens is 1280 g/mol. The van der Waals surface area contributed by atoms with Crippen molar-refractivity contribution >= 4 is 39.5 Å². The molecule has 5 atom stereocenters. The number of hydrogen-bond donors (Lipinski definition) is 3.